The van der Waals surface area contributed by atoms with Gasteiger partial charge in [0, 0.05) is 15.7 Å². The van der Waals surface area contributed by atoms with Crippen molar-refractivity contribution in [3.8, 4) is 0 Å². The quantitative estimate of drug-likeness (QED) is 0.748. The molecule has 0 saturated heterocycles. The van der Waals surface area contributed by atoms with Crippen molar-refractivity contribution in [3.63, 3.8) is 0 Å². The van der Waals surface area contributed by atoms with Crippen LogP contribution < -0.4 is 5.32 Å². The van der Waals surface area contributed by atoms with E-state index in [4.69, 9.17) is 0 Å². The fraction of sp³-hybridized carbons (Fsp3) is 0.923. The summed E-state index contributed by atoms with van der Waals surface area (Å²) in [5, 5.41) is 3.38. The summed E-state index contributed by atoms with van der Waals surface area (Å²) in [5.74, 6) is 0.211. The predicted molar refractivity (Wildman–Crippen MR) is 74.2 cm³/mol. The Labute approximate surface area is 106 Å². The van der Waals surface area contributed by atoms with Crippen molar-refractivity contribution in [1.82, 2.24) is 5.32 Å². The lowest BCUT2D eigenvalue weighted by atomic mass is 9.81. The monoisotopic (exact) mass is 245 g/mol. The Balaban J connectivity index is 5.06. The first-order valence-corrected chi connectivity index (χ1v) is 6.24. The number of hydrogen-bond donors (Lipinski definition) is 2. The van der Waals surface area contributed by atoms with Crippen LogP contribution in [0.4, 0.5) is 0 Å². The van der Waals surface area contributed by atoms with Crippen LogP contribution in [-0.2, 0) is 4.79 Å². The fourth-order valence-electron chi connectivity index (χ4n) is 1.43. The minimum atomic E-state index is -0.363. The maximum Gasteiger partial charge on any atom is 0.156 e. The van der Waals surface area contributed by atoms with Crippen LogP contribution >= 0.6 is 12.6 Å². The number of hydrogen-bond acceptors (Lipinski definition) is 3. The molecule has 0 saturated carbocycles. The van der Waals surface area contributed by atoms with Crippen molar-refractivity contribution in [1.29, 1.82) is 0 Å². The van der Waals surface area contributed by atoms with Crippen molar-refractivity contribution in [2.75, 3.05) is 0 Å². The molecular weight excluding hydrogens is 218 g/mol. The Morgan fingerprint density at radius 1 is 1.00 bits per heavy atom. The number of ketones is 1. The molecular formula is C13H27NOS. The van der Waals surface area contributed by atoms with Gasteiger partial charge in [0.25, 0.3) is 0 Å². The van der Waals surface area contributed by atoms with Crippen LogP contribution in [0.2, 0.25) is 0 Å². The molecule has 0 aliphatic carbocycles. The Kier molecular flexibility index (Phi) is 4.69. The molecule has 0 heterocycles. The van der Waals surface area contributed by atoms with Crippen molar-refractivity contribution < 1.29 is 4.79 Å². The molecule has 0 aliphatic heterocycles. The van der Waals surface area contributed by atoms with Gasteiger partial charge in [0.15, 0.2) is 5.78 Å². The van der Waals surface area contributed by atoms with Gasteiger partial charge >= 0.3 is 0 Å². The van der Waals surface area contributed by atoms with E-state index in [0.29, 0.717) is 0 Å². The molecule has 0 aromatic carbocycles. The van der Waals surface area contributed by atoms with Crippen molar-refractivity contribution in [2.24, 2.45) is 5.41 Å². The Bertz CT molecular complexity index is 253. The number of rotatable bonds is 3. The van der Waals surface area contributed by atoms with Crippen LogP contribution in [0.3, 0.4) is 0 Å². The molecule has 0 fully saturated rings. The third-order valence-electron chi connectivity index (χ3n) is 2.29. The molecule has 0 aliphatic rings. The van der Waals surface area contributed by atoms with Gasteiger partial charge in [-0.05, 0) is 34.6 Å². The maximum absolute atomic E-state index is 12.4. The third-order valence-corrected chi connectivity index (χ3v) is 2.54. The lowest BCUT2D eigenvalue weighted by Crippen LogP contribution is -2.58. The van der Waals surface area contributed by atoms with Crippen molar-refractivity contribution >= 4 is 18.4 Å². The van der Waals surface area contributed by atoms with Gasteiger partial charge in [-0.2, -0.15) is 12.6 Å². The molecule has 1 unspecified atom stereocenters. The summed E-state index contributed by atoms with van der Waals surface area (Å²) in [6, 6.07) is -0.240. The molecule has 0 aromatic rings. The van der Waals surface area contributed by atoms with Gasteiger partial charge in [0.1, 0.15) is 0 Å². The molecule has 96 valence electrons. The summed E-state index contributed by atoms with van der Waals surface area (Å²) in [7, 11) is 0. The molecule has 0 aromatic heterocycles. The van der Waals surface area contributed by atoms with E-state index >= 15 is 0 Å². The van der Waals surface area contributed by atoms with Crippen LogP contribution in [0, 0.1) is 5.41 Å². The van der Waals surface area contributed by atoms with Crippen LogP contribution in [0.25, 0.3) is 0 Å². The first-order chi connectivity index (χ1) is 6.75. The Morgan fingerprint density at radius 2 is 1.38 bits per heavy atom. The van der Waals surface area contributed by atoms with Crippen molar-refractivity contribution in [3.05, 3.63) is 0 Å². The van der Waals surface area contributed by atoms with Gasteiger partial charge in [-0.3, -0.25) is 4.79 Å². The summed E-state index contributed by atoms with van der Waals surface area (Å²) in [4.78, 5) is 12.4. The summed E-state index contributed by atoms with van der Waals surface area (Å²) in [6.07, 6.45) is 0. The SMILES string of the molecule is CC(C)(C)NC(C(=O)C(C)(C)C)C(C)(C)S. The molecule has 0 radical (unpaired) electrons. The lowest BCUT2D eigenvalue weighted by Gasteiger charge is -2.38. The second-order valence-electron chi connectivity index (χ2n) is 7.10. The van der Waals surface area contributed by atoms with Gasteiger partial charge in [-0.25, -0.2) is 0 Å². The number of carbonyl (C=O) groups excluding carboxylic acids is 1. The van der Waals surface area contributed by atoms with E-state index < -0.39 is 0 Å². The highest BCUT2D eigenvalue weighted by Crippen LogP contribution is 2.27. The molecule has 1 N–H and O–H groups in total. The average molecular weight is 245 g/mol. The number of thiol groups is 1. The zero-order valence-electron chi connectivity index (χ0n) is 11.9. The number of carbonyl (C=O) groups is 1. The topological polar surface area (TPSA) is 29.1 Å². The van der Waals surface area contributed by atoms with Crippen LogP contribution in [0.5, 0.6) is 0 Å². The normalized spacial score (nSPS) is 16.1. The van der Waals surface area contributed by atoms with E-state index in [2.05, 4.69) is 38.7 Å². The highest BCUT2D eigenvalue weighted by molar-refractivity contribution is 7.81. The average Bonchev–Trinajstić information content (AvgIpc) is 1.93. The fourth-order valence-corrected chi connectivity index (χ4v) is 1.61. The van der Waals surface area contributed by atoms with Gasteiger partial charge in [0.05, 0.1) is 6.04 Å². The standard InChI is InChI=1S/C13H27NOS/c1-11(2,3)10(15)9(13(7,8)16)14-12(4,5)6/h9,14,16H,1-8H3. The molecule has 16 heavy (non-hydrogen) atoms. The maximum atomic E-state index is 12.4. The third kappa shape index (κ3) is 5.35. The first-order valence-electron chi connectivity index (χ1n) is 5.79. The molecule has 0 bridgehead atoms. The van der Waals surface area contributed by atoms with E-state index in [-0.39, 0.29) is 27.5 Å². The predicted octanol–water partition coefficient (Wildman–Crippen LogP) is 3.07. The summed E-state index contributed by atoms with van der Waals surface area (Å²) in [6.45, 7) is 16.0. The molecule has 0 rings (SSSR count). The molecule has 0 spiro atoms. The van der Waals surface area contributed by atoms with Crippen LogP contribution in [0.15, 0.2) is 0 Å². The minimum Gasteiger partial charge on any atom is -0.302 e. The van der Waals surface area contributed by atoms with E-state index in [1.54, 1.807) is 0 Å². The summed E-state index contributed by atoms with van der Waals surface area (Å²) in [5.41, 5.74) is -0.436. The summed E-state index contributed by atoms with van der Waals surface area (Å²) >= 11 is 4.55. The van der Waals surface area contributed by atoms with E-state index in [1.165, 1.54) is 0 Å². The number of Topliss-reactive ketones (excluding diaryl/α,β-unsaturated/α-hetero) is 1. The largest absolute Gasteiger partial charge is 0.302 e. The van der Waals surface area contributed by atoms with E-state index in [0.717, 1.165) is 0 Å². The van der Waals surface area contributed by atoms with Gasteiger partial charge in [-0.1, -0.05) is 20.8 Å². The lowest BCUT2D eigenvalue weighted by molar-refractivity contribution is -0.129. The van der Waals surface area contributed by atoms with E-state index in [9.17, 15) is 4.79 Å². The van der Waals surface area contributed by atoms with Crippen LogP contribution in [-0.4, -0.2) is 22.1 Å². The molecule has 1 atom stereocenters. The first kappa shape index (κ1) is 16.0. The van der Waals surface area contributed by atoms with Gasteiger partial charge < -0.3 is 5.32 Å². The van der Waals surface area contributed by atoms with Crippen LogP contribution in [0.1, 0.15) is 55.4 Å². The highest BCUT2D eigenvalue weighted by atomic mass is 32.1. The molecule has 2 nitrogen and oxygen atoms in total. The Hall–Kier alpha value is -0.0200. The van der Waals surface area contributed by atoms with E-state index in [1.807, 2.05) is 34.6 Å². The zero-order chi connectivity index (χ0) is 13.4. The highest BCUT2D eigenvalue weighted by Gasteiger charge is 2.39. The zero-order valence-corrected chi connectivity index (χ0v) is 12.8. The summed E-state index contributed by atoms with van der Waals surface area (Å²) < 4.78 is -0.363. The van der Waals surface area contributed by atoms with Gasteiger partial charge in [0.2, 0.25) is 0 Å². The number of nitrogens with one attached hydrogen (secondary N) is 1. The second kappa shape index (κ2) is 4.69. The molecule has 3 heteroatoms. The van der Waals surface area contributed by atoms with Gasteiger partial charge in [-0.15, -0.1) is 0 Å². The molecule has 0 amide bonds. The minimum absolute atomic E-state index is 0.0917. The second-order valence-corrected chi connectivity index (χ2v) is 8.25. The Morgan fingerprint density at radius 3 is 1.56 bits per heavy atom. The smallest absolute Gasteiger partial charge is 0.156 e. The van der Waals surface area contributed by atoms with Crippen molar-refractivity contribution in [2.45, 2.75) is 71.7 Å².